The zero-order valence-electron chi connectivity index (χ0n) is 18.6. The van der Waals surface area contributed by atoms with Crippen LogP contribution >= 0.6 is 0 Å². The van der Waals surface area contributed by atoms with Gasteiger partial charge in [0.2, 0.25) is 0 Å². The molecule has 9 heteroatoms. The number of benzene rings is 1. The highest BCUT2D eigenvalue weighted by Crippen LogP contribution is 2.34. The molecule has 32 heavy (non-hydrogen) atoms. The van der Waals surface area contributed by atoms with Gasteiger partial charge in [0, 0.05) is 25.1 Å². The molecular weight excluding hydrogens is 415 g/mol. The Morgan fingerprint density at radius 3 is 2.91 bits per heavy atom. The van der Waals surface area contributed by atoms with Crippen molar-refractivity contribution in [3.8, 4) is 5.75 Å². The van der Waals surface area contributed by atoms with E-state index in [0.29, 0.717) is 43.7 Å². The van der Waals surface area contributed by atoms with E-state index in [0.717, 1.165) is 12.1 Å². The normalized spacial score (nSPS) is 19.9. The molecule has 172 valence electrons. The summed E-state index contributed by atoms with van der Waals surface area (Å²) in [4.78, 5) is 25.0. The van der Waals surface area contributed by atoms with Gasteiger partial charge < -0.3 is 20.1 Å². The van der Waals surface area contributed by atoms with Crippen LogP contribution in [0.25, 0.3) is 0 Å². The van der Waals surface area contributed by atoms with Gasteiger partial charge in [0.05, 0.1) is 30.1 Å². The van der Waals surface area contributed by atoms with Crippen LogP contribution in [-0.2, 0) is 17.7 Å². The van der Waals surface area contributed by atoms with Crippen molar-refractivity contribution in [1.82, 2.24) is 20.4 Å². The number of fused-ring (bicyclic) bond motifs is 2. The third-order valence-electron chi connectivity index (χ3n) is 5.69. The Morgan fingerprint density at radius 2 is 2.12 bits per heavy atom. The van der Waals surface area contributed by atoms with Gasteiger partial charge in [-0.05, 0) is 45.6 Å². The van der Waals surface area contributed by atoms with E-state index in [1.54, 1.807) is 18.3 Å². The number of nitrogens with one attached hydrogen (secondary N) is 2. The number of carbonyl (C=O) groups excluding carboxylic acids is 2. The van der Waals surface area contributed by atoms with E-state index in [4.69, 9.17) is 9.47 Å². The Bertz CT molecular complexity index is 1010. The largest absolute Gasteiger partial charge is 0.490 e. The molecule has 0 radical (unpaired) electrons. The van der Waals surface area contributed by atoms with Gasteiger partial charge in [0.1, 0.15) is 5.60 Å². The summed E-state index contributed by atoms with van der Waals surface area (Å²) in [6.07, 6.45) is 3.17. The first-order valence-corrected chi connectivity index (χ1v) is 10.9. The molecule has 0 saturated carbocycles. The van der Waals surface area contributed by atoms with E-state index in [2.05, 4.69) is 15.7 Å². The van der Waals surface area contributed by atoms with Gasteiger partial charge in [-0.2, -0.15) is 5.10 Å². The Hall–Kier alpha value is -3.10. The van der Waals surface area contributed by atoms with Gasteiger partial charge in [-0.15, -0.1) is 0 Å². The summed E-state index contributed by atoms with van der Waals surface area (Å²) in [6.45, 7) is 6.94. The summed E-state index contributed by atoms with van der Waals surface area (Å²) in [6, 6.07) is 4.41. The van der Waals surface area contributed by atoms with Crippen molar-refractivity contribution < 1.29 is 23.5 Å². The van der Waals surface area contributed by atoms with Crippen LogP contribution in [0.5, 0.6) is 5.75 Å². The summed E-state index contributed by atoms with van der Waals surface area (Å²) < 4.78 is 26.6. The fourth-order valence-electron chi connectivity index (χ4n) is 4.18. The third kappa shape index (κ3) is 4.87. The molecule has 3 heterocycles. The average Bonchev–Trinajstić information content (AvgIpc) is 3.15. The summed E-state index contributed by atoms with van der Waals surface area (Å²) in [7, 11) is 0. The van der Waals surface area contributed by atoms with Crippen molar-refractivity contribution in [2.45, 2.75) is 58.2 Å². The number of amides is 2. The lowest BCUT2D eigenvalue weighted by atomic mass is 9.94. The predicted molar refractivity (Wildman–Crippen MR) is 115 cm³/mol. The molecule has 8 nitrogen and oxygen atoms in total. The number of carbonyl (C=O) groups is 2. The Kier molecular flexibility index (Phi) is 6.08. The highest BCUT2D eigenvalue weighted by atomic mass is 19.1. The van der Waals surface area contributed by atoms with E-state index in [1.807, 2.05) is 25.5 Å². The van der Waals surface area contributed by atoms with Crippen molar-refractivity contribution in [2.24, 2.45) is 5.92 Å². The predicted octanol–water partition coefficient (Wildman–Crippen LogP) is 3.36. The first-order valence-electron chi connectivity index (χ1n) is 10.9. The second-order valence-electron chi connectivity index (χ2n) is 9.29. The van der Waals surface area contributed by atoms with Crippen LogP contribution < -0.4 is 15.4 Å². The average molecular weight is 445 g/mol. The van der Waals surface area contributed by atoms with E-state index in [1.165, 1.54) is 6.07 Å². The topological polar surface area (TPSA) is 94.5 Å². The van der Waals surface area contributed by atoms with Crippen LogP contribution in [0.15, 0.2) is 24.4 Å². The number of ether oxygens (including phenoxy) is 2. The second-order valence-corrected chi connectivity index (χ2v) is 9.29. The molecule has 2 unspecified atom stereocenters. The number of hydrogen-bond donors (Lipinski definition) is 2. The van der Waals surface area contributed by atoms with Crippen molar-refractivity contribution in [3.05, 3.63) is 47.0 Å². The fourth-order valence-corrected chi connectivity index (χ4v) is 4.18. The summed E-state index contributed by atoms with van der Waals surface area (Å²) >= 11 is 0. The molecular formula is C23H29FN4O4. The third-order valence-corrected chi connectivity index (χ3v) is 5.69. The Morgan fingerprint density at radius 1 is 1.31 bits per heavy atom. The number of rotatable bonds is 4. The molecule has 2 aliphatic rings. The summed E-state index contributed by atoms with van der Waals surface area (Å²) in [5, 5.41) is 10.2. The Balaban J connectivity index is 1.41. The summed E-state index contributed by atoms with van der Waals surface area (Å²) in [5.74, 6) is -0.288. The lowest BCUT2D eigenvalue weighted by Gasteiger charge is -2.28. The number of nitrogens with zero attached hydrogens (tertiary/aromatic N) is 2. The molecule has 0 fully saturated rings. The van der Waals surface area contributed by atoms with Crippen LogP contribution in [0.4, 0.5) is 9.18 Å². The fraction of sp³-hybridized carbons (Fsp3) is 0.522. The number of aromatic nitrogens is 2. The molecule has 2 atom stereocenters. The van der Waals surface area contributed by atoms with Gasteiger partial charge in [0.25, 0.3) is 5.91 Å². The molecule has 0 spiro atoms. The molecule has 1 aromatic carbocycles. The maximum absolute atomic E-state index is 14.1. The lowest BCUT2D eigenvalue weighted by Crippen LogP contribution is -2.37. The zero-order chi connectivity index (χ0) is 22.9. The van der Waals surface area contributed by atoms with E-state index in [9.17, 15) is 14.0 Å². The van der Waals surface area contributed by atoms with Gasteiger partial charge in [-0.3, -0.25) is 9.48 Å². The maximum atomic E-state index is 14.1. The van der Waals surface area contributed by atoms with Crippen molar-refractivity contribution >= 4 is 12.0 Å². The molecule has 1 aromatic heterocycles. The van der Waals surface area contributed by atoms with Crippen molar-refractivity contribution in [1.29, 1.82) is 0 Å². The Labute approximate surface area is 186 Å². The van der Waals surface area contributed by atoms with Gasteiger partial charge in [-0.1, -0.05) is 12.1 Å². The van der Waals surface area contributed by atoms with Crippen LogP contribution in [0.3, 0.4) is 0 Å². The minimum absolute atomic E-state index is 0.177. The second kappa shape index (κ2) is 8.80. The monoisotopic (exact) mass is 444 g/mol. The van der Waals surface area contributed by atoms with E-state index < -0.39 is 17.5 Å². The maximum Gasteiger partial charge on any atom is 0.407 e. The number of hydrogen-bond acceptors (Lipinski definition) is 5. The molecule has 2 aromatic rings. The number of halogens is 1. The van der Waals surface area contributed by atoms with Gasteiger partial charge >= 0.3 is 6.09 Å². The SMILES string of the molecule is CC(C)(C)OC(=O)NCC1CCn2ncc(C(=O)NC3CCOc4c(F)cccc43)c2C1. The van der Waals surface area contributed by atoms with Gasteiger partial charge in [0.15, 0.2) is 11.6 Å². The van der Waals surface area contributed by atoms with Crippen LogP contribution in [0, 0.1) is 11.7 Å². The number of para-hydroxylation sites is 1. The molecule has 4 rings (SSSR count). The van der Waals surface area contributed by atoms with Crippen molar-refractivity contribution in [2.75, 3.05) is 13.2 Å². The summed E-state index contributed by atoms with van der Waals surface area (Å²) in [5.41, 5.74) is 1.45. The number of alkyl carbamates (subject to hydrolysis) is 1. The quantitative estimate of drug-likeness (QED) is 0.754. The highest BCUT2D eigenvalue weighted by molar-refractivity contribution is 5.95. The van der Waals surface area contributed by atoms with Crippen LogP contribution in [0.2, 0.25) is 0 Å². The first kappa shape index (κ1) is 22.1. The van der Waals surface area contributed by atoms with Gasteiger partial charge in [-0.25, -0.2) is 9.18 Å². The smallest absolute Gasteiger partial charge is 0.407 e. The molecule has 0 bridgehead atoms. The molecule has 0 saturated heterocycles. The van der Waals surface area contributed by atoms with E-state index >= 15 is 0 Å². The first-order chi connectivity index (χ1) is 15.2. The van der Waals surface area contributed by atoms with Crippen molar-refractivity contribution in [3.63, 3.8) is 0 Å². The van der Waals surface area contributed by atoms with Crippen LogP contribution in [0.1, 0.15) is 61.3 Å². The van der Waals surface area contributed by atoms with E-state index in [-0.39, 0.29) is 23.6 Å². The van der Waals surface area contributed by atoms with Crippen LogP contribution in [-0.4, -0.2) is 40.5 Å². The lowest BCUT2D eigenvalue weighted by molar-refractivity contribution is 0.0516. The zero-order valence-corrected chi connectivity index (χ0v) is 18.6. The number of aryl methyl sites for hydroxylation is 1. The minimum Gasteiger partial charge on any atom is -0.490 e. The molecule has 2 amide bonds. The minimum atomic E-state index is -0.549. The standard InChI is InChI=1S/C23H29FN4O4/c1-23(2,3)32-22(30)25-12-14-7-9-28-19(11-14)16(13-26-28)21(29)27-18-8-10-31-20-15(18)5-4-6-17(20)24/h4-6,13-14,18H,7-12H2,1-3H3,(H,25,30)(H,27,29). The molecule has 2 N–H and O–H groups in total. The molecule has 0 aliphatic carbocycles. The highest BCUT2D eigenvalue weighted by Gasteiger charge is 2.29. The molecule has 2 aliphatic heterocycles.